The number of rotatable bonds is 6. The number of likely N-dealkylation sites (tertiary alicyclic amines) is 1. The van der Waals surface area contributed by atoms with E-state index in [1.807, 2.05) is 7.05 Å². The van der Waals surface area contributed by atoms with Crippen molar-refractivity contribution >= 4 is 0 Å². The first kappa shape index (κ1) is 14.0. The largest absolute Gasteiger partial charge is 0.368 e. The van der Waals surface area contributed by atoms with Crippen molar-refractivity contribution in [3.05, 3.63) is 35.6 Å². The lowest BCUT2D eigenvalue weighted by atomic mass is 10.1. The Labute approximate surface area is 106 Å². The number of hydrogen-bond acceptors (Lipinski definition) is 2. The summed E-state index contributed by atoms with van der Waals surface area (Å²) in [5, 5.41) is 3.31. The number of nitrogens with zero attached hydrogens (tertiary/aromatic N) is 1. The molecule has 0 saturated carbocycles. The summed E-state index contributed by atoms with van der Waals surface area (Å²) < 4.78 is 0. The van der Waals surface area contributed by atoms with Crippen LogP contribution in [0.2, 0.25) is 0 Å². The van der Waals surface area contributed by atoms with E-state index in [0.29, 0.717) is 6.04 Å². The molecular formula is C15H26N2. The monoisotopic (exact) mass is 234 g/mol. The molecule has 1 aliphatic rings. The van der Waals surface area contributed by atoms with Crippen LogP contribution in [0.4, 0.5) is 0 Å². The second-order valence-corrected chi connectivity index (χ2v) is 4.66. The van der Waals surface area contributed by atoms with Crippen LogP contribution in [0.1, 0.15) is 33.6 Å². The zero-order valence-corrected chi connectivity index (χ0v) is 11.7. The molecule has 0 radical (unpaired) electrons. The van der Waals surface area contributed by atoms with E-state index in [0.717, 1.165) is 25.9 Å². The minimum absolute atomic E-state index is 0.656. The van der Waals surface area contributed by atoms with Gasteiger partial charge in [-0.3, -0.25) is 0 Å². The predicted octanol–water partition coefficient (Wildman–Crippen LogP) is 3.10. The summed E-state index contributed by atoms with van der Waals surface area (Å²) in [6.07, 6.45) is 11.1. The average molecular weight is 234 g/mol. The lowest BCUT2D eigenvalue weighted by Gasteiger charge is -2.41. The second kappa shape index (κ2) is 7.33. The third-order valence-corrected chi connectivity index (χ3v) is 3.25. The summed E-state index contributed by atoms with van der Waals surface area (Å²) in [4.78, 5) is 2.43. The summed E-state index contributed by atoms with van der Waals surface area (Å²) in [7, 11) is 2.04. The van der Waals surface area contributed by atoms with Crippen molar-refractivity contribution in [2.45, 2.75) is 39.7 Å². The quantitative estimate of drug-likeness (QED) is 0.710. The smallest absolute Gasteiger partial charge is 0.0418 e. The van der Waals surface area contributed by atoms with Crippen LogP contribution >= 0.6 is 0 Å². The van der Waals surface area contributed by atoms with Gasteiger partial charge in [-0.2, -0.15) is 0 Å². The minimum atomic E-state index is 0.656. The lowest BCUT2D eigenvalue weighted by Crippen LogP contribution is -2.55. The molecule has 1 heterocycles. The summed E-state index contributed by atoms with van der Waals surface area (Å²) in [6.45, 7) is 8.81. The summed E-state index contributed by atoms with van der Waals surface area (Å²) in [6, 6.07) is 0.656. The lowest BCUT2D eigenvalue weighted by molar-refractivity contribution is 0.183. The van der Waals surface area contributed by atoms with Crippen LogP contribution in [0, 0.1) is 0 Å². The molecule has 96 valence electrons. The summed E-state index contributed by atoms with van der Waals surface area (Å²) >= 11 is 0. The van der Waals surface area contributed by atoms with E-state index in [2.05, 4.69) is 55.3 Å². The zero-order valence-electron chi connectivity index (χ0n) is 11.7. The zero-order chi connectivity index (χ0) is 12.7. The van der Waals surface area contributed by atoms with Crippen LogP contribution < -0.4 is 5.32 Å². The van der Waals surface area contributed by atoms with Gasteiger partial charge < -0.3 is 10.2 Å². The molecule has 2 nitrogen and oxygen atoms in total. The Bertz CT molecular complexity index is 307. The van der Waals surface area contributed by atoms with Crippen molar-refractivity contribution in [1.29, 1.82) is 0 Å². The Morgan fingerprint density at radius 2 is 2.06 bits per heavy atom. The highest BCUT2D eigenvalue weighted by molar-refractivity contribution is 5.27. The number of nitrogens with one attached hydrogen (secondary N) is 1. The molecular weight excluding hydrogens is 208 g/mol. The summed E-state index contributed by atoms with van der Waals surface area (Å²) in [5.74, 6) is 0. The van der Waals surface area contributed by atoms with Gasteiger partial charge in [0.05, 0.1) is 0 Å². The van der Waals surface area contributed by atoms with Gasteiger partial charge in [0, 0.05) is 24.8 Å². The molecule has 0 aliphatic carbocycles. The molecule has 1 aliphatic heterocycles. The summed E-state index contributed by atoms with van der Waals surface area (Å²) in [5.41, 5.74) is 2.79. The Morgan fingerprint density at radius 1 is 1.35 bits per heavy atom. The molecule has 1 N–H and O–H groups in total. The maximum absolute atomic E-state index is 3.31. The van der Waals surface area contributed by atoms with Gasteiger partial charge in [-0.1, -0.05) is 31.6 Å². The van der Waals surface area contributed by atoms with Crippen LogP contribution in [-0.2, 0) is 0 Å². The van der Waals surface area contributed by atoms with E-state index in [1.165, 1.54) is 11.3 Å². The highest BCUT2D eigenvalue weighted by Gasteiger charge is 2.25. The molecule has 17 heavy (non-hydrogen) atoms. The van der Waals surface area contributed by atoms with Gasteiger partial charge in [0.15, 0.2) is 0 Å². The standard InChI is InChI=1S/C15H26N2/c1-5-7-8-9-15(10-13(3)6-2)17-11-14(12-17)16-4/h7-10,14,16H,5-6,11-12H2,1-4H3/b8-7+,13-10+,15-9+. The highest BCUT2D eigenvalue weighted by Crippen LogP contribution is 2.18. The molecule has 0 amide bonds. The topological polar surface area (TPSA) is 15.3 Å². The normalized spacial score (nSPS) is 18.9. The molecule has 0 aromatic heterocycles. The molecule has 0 aromatic rings. The van der Waals surface area contributed by atoms with Crippen LogP contribution in [0.5, 0.6) is 0 Å². The van der Waals surface area contributed by atoms with E-state index in [1.54, 1.807) is 0 Å². The Kier molecular flexibility index (Phi) is 6.06. The molecule has 1 saturated heterocycles. The highest BCUT2D eigenvalue weighted by atomic mass is 15.2. The van der Waals surface area contributed by atoms with Crippen molar-refractivity contribution in [1.82, 2.24) is 10.2 Å². The average Bonchev–Trinajstić information content (AvgIpc) is 2.27. The first-order chi connectivity index (χ1) is 8.21. The van der Waals surface area contributed by atoms with Crippen LogP contribution in [0.15, 0.2) is 35.6 Å². The molecule has 0 bridgehead atoms. The van der Waals surface area contributed by atoms with E-state index >= 15 is 0 Å². The van der Waals surface area contributed by atoms with Crippen molar-refractivity contribution in [2.24, 2.45) is 0 Å². The fourth-order valence-corrected chi connectivity index (χ4v) is 1.77. The molecule has 0 unspecified atom stereocenters. The molecule has 0 atom stereocenters. The molecule has 0 aromatic carbocycles. The maximum Gasteiger partial charge on any atom is 0.0418 e. The van der Waals surface area contributed by atoms with E-state index in [-0.39, 0.29) is 0 Å². The molecule has 0 spiro atoms. The maximum atomic E-state index is 3.31. The minimum Gasteiger partial charge on any atom is -0.368 e. The Morgan fingerprint density at radius 3 is 2.59 bits per heavy atom. The van der Waals surface area contributed by atoms with Gasteiger partial charge in [0.1, 0.15) is 0 Å². The van der Waals surface area contributed by atoms with Gasteiger partial charge in [-0.05, 0) is 39.0 Å². The number of likely N-dealkylation sites (N-methyl/N-ethyl adjacent to an activating group) is 1. The predicted molar refractivity (Wildman–Crippen MR) is 76.0 cm³/mol. The van der Waals surface area contributed by atoms with Crippen LogP contribution in [0.3, 0.4) is 0 Å². The van der Waals surface area contributed by atoms with Crippen LogP contribution in [0.25, 0.3) is 0 Å². The second-order valence-electron chi connectivity index (χ2n) is 4.66. The van der Waals surface area contributed by atoms with Gasteiger partial charge in [0.25, 0.3) is 0 Å². The van der Waals surface area contributed by atoms with Crippen molar-refractivity contribution in [3.63, 3.8) is 0 Å². The Balaban J connectivity index is 2.67. The molecule has 2 heteroatoms. The van der Waals surface area contributed by atoms with Crippen LogP contribution in [-0.4, -0.2) is 31.1 Å². The van der Waals surface area contributed by atoms with E-state index in [9.17, 15) is 0 Å². The van der Waals surface area contributed by atoms with Gasteiger partial charge in [-0.25, -0.2) is 0 Å². The third-order valence-electron chi connectivity index (χ3n) is 3.25. The number of allylic oxidation sites excluding steroid dienone is 5. The fourth-order valence-electron chi connectivity index (χ4n) is 1.77. The Hall–Kier alpha value is -1.02. The first-order valence-electron chi connectivity index (χ1n) is 6.67. The first-order valence-corrected chi connectivity index (χ1v) is 6.67. The van der Waals surface area contributed by atoms with E-state index < -0.39 is 0 Å². The molecule has 1 rings (SSSR count). The van der Waals surface area contributed by atoms with Crippen molar-refractivity contribution < 1.29 is 0 Å². The third kappa shape index (κ3) is 4.39. The van der Waals surface area contributed by atoms with Gasteiger partial charge in [0.2, 0.25) is 0 Å². The van der Waals surface area contributed by atoms with Gasteiger partial charge in [-0.15, -0.1) is 0 Å². The van der Waals surface area contributed by atoms with Gasteiger partial charge >= 0.3 is 0 Å². The molecule has 1 fully saturated rings. The van der Waals surface area contributed by atoms with Crippen molar-refractivity contribution in [2.75, 3.05) is 20.1 Å². The van der Waals surface area contributed by atoms with Crippen molar-refractivity contribution in [3.8, 4) is 0 Å². The number of hydrogen-bond donors (Lipinski definition) is 1. The fraction of sp³-hybridized carbons (Fsp3) is 0.600. The SMILES string of the molecule is CC/C=C/C=C(\C=C(/C)CC)N1CC(NC)C1. The van der Waals surface area contributed by atoms with E-state index in [4.69, 9.17) is 0 Å².